The molecule has 0 bridgehead atoms. The average Bonchev–Trinajstić information content (AvgIpc) is 2.41. The number of nitrogens with zero attached hydrogens (tertiary/aromatic N) is 2. The van der Waals surface area contributed by atoms with Crippen molar-refractivity contribution < 1.29 is 18.4 Å². The fourth-order valence-corrected chi connectivity index (χ4v) is 1.51. The normalized spacial score (nSPS) is 9.89. The van der Waals surface area contributed by atoms with E-state index in [0.717, 1.165) is 11.1 Å². The van der Waals surface area contributed by atoms with E-state index in [-0.39, 0.29) is 23.2 Å². The van der Waals surface area contributed by atoms with E-state index in [1.54, 1.807) is 13.0 Å². The molecule has 1 N–H and O–H groups in total. The Labute approximate surface area is 109 Å². The molecule has 0 radical (unpaired) electrons. The van der Waals surface area contributed by atoms with Gasteiger partial charge < -0.3 is 5.32 Å². The van der Waals surface area contributed by atoms with E-state index in [2.05, 4.69) is 10.2 Å². The molecule has 1 aromatic rings. The third-order valence-corrected chi connectivity index (χ3v) is 2.58. The van der Waals surface area contributed by atoms with E-state index in [1.807, 2.05) is 0 Å². The quantitative estimate of drug-likeness (QED) is 0.857. The smallest absolute Gasteiger partial charge is 0.304 e. The Morgan fingerprint density at radius 3 is 2.68 bits per heavy atom. The van der Waals surface area contributed by atoms with Crippen LogP contribution in [0.5, 0.6) is 0 Å². The second-order valence-electron chi connectivity index (χ2n) is 3.65. The van der Waals surface area contributed by atoms with Crippen molar-refractivity contribution in [1.82, 2.24) is 5.06 Å². The molecule has 0 saturated heterocycles. The summed E-state index contributed by atoms with van der Waals surface area (Å²) in [5, 5.41) is 12.1. The number of benzene rings is 1. The zero-order valence-electron chi connectivity index (χ0n) is 10.8. The number of rotatable bonds is 3. The minimum absolute atomic E-state index is 0.0437. The van der Waals surface area contributed by atoms with Gasteiger partial charge in [0.05, 0.1) is 18.4 Å². The second-order valence-corrected chi connectivity index (χ2v) is 3.65. The van der Waals surface area contributed by atoms with E-state index < -0.39 is 17.7 Å². The number of nitrogens with one attached hydrogen (secondary N) is 1. The molecule has 5 nitrogen and oxygen atoms in total. The zero-order valence-corrected chi connectivity index (χ0v) is 10.8. The summed E-state index contributed by atoms with van der Waals surface area (Å²) in [5.74, 6) is -2.19. The standard InChI is InChI=1S/C12H13F2N3O2/c1-4-8-10(14)9(13)5-7(6-15)11(8)16-12(18)17(2)19-3/h5H,4H2,1-3H3,(H,16,18). The summed E-state index contributed by atoms with van der Waals surface area (Å²) in [4.78, 5) is 16.3. The van der Waals surface area contributed by atoms with E-state index in [4.69, 9.17) is 5.26 Å². The van der Waals surface area contributed by atoms with Crippen molar-refractivity contribution in [2.24, 2.45) is 0 Å². The van der Waals surface area contributed by atoms with Gasteiger partial charge in [-0.05, 0) is 12.5 Å². The Hall–Kier alpha value is -2.20. The van der Waals surface area contributed by atoms with Crippen LogP contribution in [-0.4, -0.2) is 25.3 Å². The van der Waals surface area contributed by atoms with Crippen LogP contribution in [0.1, 0.15) is 18.1 Å². The van der Waals surface area contributed by atoms with Crippen molar-refractivity contribution in [1.29, 1.82) is 5.26 Å². The predicted molar refractivity (Wildman–Crippen MR) is 64.2 cm³/mol. The molecule has 102 valence electrons. The van der Waals surface area contributed by atoms with Crippen molar-refractivity contribution in [3.63, 3.8) is 0 Å². The maximum atomic E-state index is 13.6. The molecule has 0 unspecified atom stereocenters. The molecule has 1 aromatic carbocycles. The molecule has 0 heterocycles. The molecule has 2 amide bonds. The number of amides is 2. The Morgan fingerprint density at radius 1 is 1.58 bits per heavy atom. The van der Waals surface area contributed by atoms with Gasteiger partial charge in [-0.3, -0.25) is 4.84 Å². The minimum atomic E-state index is -1.12. The molecule has 0 aromatic heterocycles. The lowest BCUT2D eigenvalue weighted by Crippen LogP contribution is -2.31. The van der Waals surface area contributed by atoms with E-state index in [1.165, 1.54) is 14.2 Å². The topological polar surface area (TPSA) is 65.4 Å². The molecule has 0 saturated carbocycles. The van der Waals surface area contributed by atoms with Crippen molar-refractivity contribution in [3.8, 4) is 6.07 Å². The summed E-state index contributed by atoms with van der Waals surface area (Å²) in [5.41, 5.74) is -0.249. The first-order valence-corrected chi connectivity index (χ1v) is 5.46. The van der Waals surface area contributed by atoms with Gasteiger partial charge >= 0.3 is 6.03 Å². The maximum Gasteiger partial charge on any atom is 0.345 e. The van der Waals surface area contributed by atoms with Crippen molar-refractivity contribution in [2.45, 2.75) is 13.3 Å². The molecule has 7 heteroatoms. The summed E-state index contributed by atoms with van der Waals surface area (Å²) < 4.78 is 26.9. The first kappa shape index (κ1) is 14.9. The summed E-state index contributed by atoms with van der Waals surface area (Å²) >= 11 is 0. The Bertz CT molecular complexity index is 541. The van der Waals surface area contributed by atoms with Crippen LogP contribution in [-0.2, 0) is 11.3 Å². The van der Waals surface area contributed by atoms with E-state index in [0.29, 0.717) is 0 Å². The Morgan fingerprint density at radius 2 is 2.21 bits per heavy atom. The van der Waals surface area contributed by atoms with Gasteiger partial charge in [0.2, 0.25) is 0 Å². The van der Waals surface area contributed by atoms with Gasteiger partial charge in [0.15, 0.2) is 11.6 Å². The molecular formula is C12H13F2N3O2. The monoisotopic (exact) mass is 269 g/mol. The van der Waals surface area contributed by atoms with Gasteiger partial charge in [0.1, 0.15) is 6.07 Å². The van der Waals surface area contributed by atoms with E-state index in [9.17, 15) is 13.6 Å². The number of halogens is 2. The third kappa shape index (κ3) is 2.98. The molecule has 19 heavy (non-hydrogen) atoms. The van der Waals surface area contributed by atoms with Gasteiger partial charge in [-0.2, -0.15) is 5.26 Å². The lowest BCUT2D eigenvalue weighted by molar-refractivity contribution is -0.0598. The van der Waals surface area contributed by atoms with Gasteiger partial charge in [-0.1, -0.05) is 6.92 Å². The number of nitriles is 1. The van der Waals surface area contributed by atoms with Crippen molar-refractivity contribution in [2.75, 3.05) is 19.5 Å². The largest absolute Gasteiger partial charge is 0.345 e. The SMILES string of the molecule is CCc1c(F)c(F)cc(C#N)c1NC(=O)N(C)OC. The number of carbonyl (C=O) groups excluding carboxylic acids is 1. The number of carbonyl (C=O) groups is 1. The predicted octanol–water partition coefficient (Wildman–Crippen LogP) is 2.42. The maximum absolute atomic E-state index is 13.6. The van der Waals surface area contributed by atoms with Crippen molar-refractivity contribution >= 4 is 11.7 Å². The summed E-state index contributed by atoms with van der Waals surface area (Å²) in [6.07, 6.45) is 0.130. The summed E-state index contributed by atoms with van der Waals surface area (Å²) in [6.45, 7) is 1.59. The van der Waals surface area contributed by atoms with Crippen LogP contribution in [0.3, 0.4) is 0 Å². The highest BCUT2D eigenvalue weighted by atomic mass is 19.2. The van der Waals surface area contributed by atoms with E-state index >= 15 is 0 Å². The molecule has 0 atom stereocenters. The summed E-state index contributed by atoms with van der Waals surface area (Å²) in [6, 6.07) is 1.77. The zero-order chi connectivity index (χ0) is 14.6. The van der Waals surface area contributed by atoms with Crippen LogP contribution < -0.4 is 5.32 Å². The lowest BCUT2D eigenvalue weighted by Gasteiger charge is -2.17. The van der Waals surface area contributed by atoms with Gasteiger partial charge in [-0.15, -0.1) is 0 Å². The average molecular weight is 269 g/mol. The van der Waals surface area contributed by atoms with Gasteiger partial charge in [0, 0.05) is 12.6 Å². The van der Waals surface area contributed by atoms with Crippen LogP contribution in [0.15, 0.2) is 6.07 Å². The molecule has 0 aliphatic carbocycles. The number of hydrogen-bond acceptors (Lipinski definition) is 3. The molecule has 0 fully saturated rings. The van der Waals surface area contributed by atoms with Gasteiger partial charge in [0.25, 0.3) is 0 Å². The number of hydrogen-bond donors (Lipinski definition) is 1. The van der Waals surface area contributed by atoms with Crippen LogP contribution in [0, 0.1) is 23.0 Å². The molecule has 0 spiro atoms. The highest BCUT2D eigenvalue weighted by Gasteiger charge is 2.20. The number of hydroxylamine groups is 2. The van der Waals surface area contributed by atoms with Crippen LogP contribution >= 0.6 is 0 Å². The fraction of sp³-hybridized carbons (Fsp3) is 0.333. The molecule has 0 aliphatic heterocycles. The lowest BCUT2D eigenvalue weighted by atomic mass is 10.0. The Balaban J connectivity index is 3.29. The number of urea groups is 1. The van der Waals surface area contributed by atoms with Crippen molar-refractivity contribution in [3.05, 3.63) is 28.8 Å². The van der Waals surface area contributed by atoms with Crippen LogP contribution in [0.2, 0.25) is 0 Å². The third-order valence-electron chi connectivity index (χ3n) is 2.58. The second kappa shape index (κ2) is 6.11. The highest BCUT2D eigenvalue weighted by Crippen LogP contribution is 2.27. The molecule has 0 aliphatic rings. The molecule has 1 rings (SSSR count). The first-order chi connectivity index (χ1) is 8.96. The first-order valence-electron chi connectivity index (χ1n) is 5.46. The minimum Gasteiger partial charge on any atom is -0.304 e. The van der Waals surface area contributed by atoms with Crippen LogP contribution in [0.25, 0.3) is 0 Å². The molecular weight excluding hydrogens is 256 g/mol. The van der Waals surface area contributed by atoms with Gasteiger partial charge in [-0.25, -0.2) is 18.6 Å². The highest BCUT2D eigenvalue weighted by molar-refractivity contribution is 5.91. The Kier molecular flexibility index (Phi) is 4.78. The number of anilines is 1. The fourth-order valence-electron chi connectivity index (χ4n) is 1.51. The summed E-state index contributed by atoms with van der Waals surface area (Å²) in [7, 11) is 2.61. The van der Waals surface area contributed by atoms with Crippen LogP contribution in [0.4, 0.5) is 19.3 Å².